The summed E-state index contributed by atoms with van der Waals surface area (Å²) in [5.41, 5.74) is 1.22. The largest absolute Gasteiger partial charge is 0.329 e. The summed E-state index contributed by atoms with van der Waals surface area (Å²) in [7, 11) is 0. The van der Waals surface area contributed by atoms with Crippen LogP contribution in [0.25, 0.3) is 0 Å². The predicted octanol–water partition coefficient (Wildman–Crippen LogP) is 2.89. The zero-order valence-electron chi connectivity index (χ0n) is 13.7. The number of hydrogen-bond acceptors (Lipinski definition) is 2. The normalized spacial score (nSPS) is 22.7. The molecule has 2 aliphatic rings. The van der Waals surface area contributed by atoms with E-state index in [1.165, 1.54) is 11.0 Å². The zero-order chi connectivity index (χ0) is 16.6. The van der Waals surface area contributed by atoms with E-state index in [0.29, 0.717) is 18.8 Å². The summed E-state index contributed by atoms with van der Waals surface area (Å²) in [5, 5.41) is 0. The van der Waals surface area contributed by atoms with Crippen LogP contribution in [0.3, 0.4) is 0 Å². The van der Waals surface area contributed by atoms with Gasteiger partial charge in [0, 0.05) is 19.0 Å². The Morgan fingerprint density at radius 3 is 2.61 bits per heavy atom. The monoisotopic (exact) mass is 318 g/mol. The Labute approximate surface area is 136 Å². The highest BCUT2D eigenvalue weighted by Gasteiger charge is 2.38. The maximum Gasteiger partial charge on any atom is 0.249 e. The molecular weight excluding hydrogens is 295 g/mol. The van der Waals surface area contributed by atoms with Gasteiger partial charge in [0.05, 0.1) is 5.69 Å². The molecule has 23 heavy (non-hydrogen) atoms. The van der Waals surface area contributed by atoms with Crippen molar-refractivity contribution in [1.29, 1.82) is 0 Å². The van der Waals surface area contributed by atoms with Crippen molar-refractivity contribution in [2.45, 2.75) is 45.6 Å². The molecule has 5 heteroatoms. The van der Waals surface area contributed by atoms with Crippen LogP contribution in [0.2, 0.25) is 0 Å². The maximum atomic E-state index is 14.1. The lowest BCUT2D eigenvalue weighted by molar-refractivity contribution is -0.143. The Bertz CT molecular complexity index is 625. The van der Waals surface area contributed by atoms with Crippen LogP contribution in [0.1, 0.15) is 38.2 Å². The van der Waals surface area contributed by atoms with Gasteiger partial charge in [0.15, 0.2) is 0 Å². The molecule has 0 N–H and O–H groups in total. The standard InChI is InChI=1S/C18H23FN2O2/c1-12-7-8-15(19)16(11-12)21-10-9-20(13(2)17(21)22)18(23)14-5-3-4-6-14/h7-8,11,13-14H,3-6,9-10H2,1-2H3/t13-/m1/s1. The van der Waals surface area contributed by atoms with Gasteiger partial charge in [0.2, 0.25) is 11.8 Å². The molecule has 1 aliphatic carbocycles. The lowest BCUT2D eigenvalue weighted by Crippen LogP contribution is -2.58. The zero-order valence-corrected chi connectivity index (χ0v) is 13.7. The number of anilines is 1. The van der Waals surface area contributed by atoms with E-state index in [9.17, 15) is 14.0 Å². The topological polar surface area (TPSA) is 40.6 Å². The fourth-order valence-electron chi connectivity index (χ4n) is 3.65. The van der Waals surface area contributed by atoms with Crippen molar-refractivity contribution in [1.82, 2.24) is 4.90 Å². The third kappa shape index (κ3) is 2.96. The highest BCUT2D eigenvalue weighted by molar-refractivity contribution is 6.00. The maximum absolute atomic E-state index is 14.1. The van der Waals surface area contributed by atoms with E-state index in [2.05, 4.69) is 0 Å². The number of carbonyl (C=O) groups is 2. The molecule has 1 heterocycles. The van der Waals surface area contributed by atoms with Gasteiger partial charge in [-0.15, -0.1) is 0 Å². The van der Waals surface area contributed by atoms with Crippen LogP contribution in [0.5, 0.6) is 0 Å². The van der Waals surface area contributed by atoms with E-state index in [4.69, 9.17) is 0 Å². The van der Waals surface area contributed by atoms with E-state index in [0.717, 1.165) is 31.2 Å². The van der Waals surface area contributed by atoms with Crippen molar-refractivity contribution in [2.24, 2.45) is 5.92 Å². The number of piperazine rings is 1. The molecular formula is C18H23FN2O2. The molecule has 1 aliphatic heterocycles. The first kappa shape index (κ1) is 16.0. The minimum Gasteiger partial charge on any atom is -0.329 e. The third-order valence-electron chi connectivity index (χ3n) is 5.04. The fourth-order valence-corrected chi connectivity index (χ4v) is 3.65. The van der Waals surface area contributed by atoms with Crippen LogP contribution in [0.4, 0.5) is 10.1 Å². The van der Waals surface area contributed by atoms with Crippen molar-refractivity contribution >= 4 is 17.5 Å². The average molecular weight is 318 g/mol. The molecule has 1 saturated carbocycles. The summed E-state index contributed by atoms with van der Waals surface area (Å²) < 4.78 is 14.1. The number of carbonyl (C=O) groups excluding carboxylic acids is 2. The van der Waals surface area contributed by atoms with Gasteiger partial charge in [-0.2, -0.15) is 0 Å². The van der Waals surface area contributed by atoms with Crippen LogP contribution in [0, 0.1) is 18.7 Å². The Balaban J connectivity index is 1.78. The van der Waals surface area contributed by atoms with Gasteiger partial charge < -0.3 is 9.80 Å². The average Bonchev–Trinajstić information content (AvgIpc) is 3.06. The second-order valence-corrected chi connectivity index (χ2v) is 6.63. The summed E-state index contributed by atoms with van der Waals surface area (Å²) in [6.45, 7) is 4.43. The third-order valence-corrected chi connectivity index (χ3v) is 5.04. The minimum atomic E-state index is -0.531. The summed E-state index contributed by atoms with van der Waals surface area (Å²) in [5.74, 6) is -0.445. The smallest absolute Gasteiger partial charge is 0.249 e. The quantitative estimate of drug-likeness (QED) is 0.841. The molecule has 1 aromatic carbocycles. The molecule has 0 unspecified atom stereocenters. The van der Waals surface area contributed by atoms with Crippen molar-refractivity contribution in [3.63, 3.8) is 0 Å². The van der Waals surface area contributed by atoms with E-state index < -0.39 is 11.9 Å². The summed E-state index contributed by atoms with van der Waals surface area (Å²) >= 11 is 0. The van der Waals surface area contributed by atoms with Crippen molar-refractivity contribution in [3.05, 3.63) is 29.6 Å². The molecule has 2 amide bonds. The number of benzene rings is 1. The molecule has 4 nitrogen and oxygen atoms in total. The van der Waals surface area contributed by atoms with Crippen LogP contribution >= 0.6 is 0 Å². The molecule has 1 atom stereocenters. The molecule has 0 spiro atoms. The molecule has 0 aromatic heterocycles. The van der Waals surface area contributed by atoms with E-state index in [1.807, 2.05) is 6.92 Å². The van der Waals surface area contributed by atoms with Crippen molar-refractivity contribution in [2.75, 3.05) is 18.0 Å². The number of hydrogen-bond donors (Lipinski definition) is 0. The highest BCUT2D eigenvalue weighted by Crippen LogP contribution is 2.30. The summed E-state index contributed by atoms with van der Waals surface area (Å²) in [6, 6.07) is 4.23. The second kappa shape index (κ2) is 6.30. The summed E-state index contributed by atoms with van der Waals surface area (Å²) in [6.07, 6.45) is 4.03. The van der Waals surface area contributed by atoms with Gasteiger partial charge in [0.1, 0.15) is 11.9 Å². The lowest BCUT2D eigenvalue weighted by Gasteiger charge is -2.40. The first-order valence-electron chi connectivity index (χ1n) is 8.37. The Hall–Kier alpha value is -1.91. The SMILES string of the molecule is Cc1ccc(F)c(N2CCN(C(=O)C3CCCC3)[C@H](C)C2=O)c1. The van der Waals surface area contributed by atoms with Crippen LogP contribution < -0.4 is 4.90 Å². The molecule has 2 fully saturated rings. The molecule has 1 aromatic rings. The number of halogens is 1. The molecule has 1 saturated heterocycles. The Morgan fingerprint density at radius 1 is 1.22 bits per heavy atom. The van der Waals surface area contributed by atoms with E-state index >= 15 is 0 Å². The number of aryl methyl sites for hydroxylation is 1. The first-order valence-corrected chi connectivity index (χ1v) is 8.37. The molecule has 124 valence electrons. The fraction of sp³-hybridized carbons (Fsp3) is 0.556. The van der Waals surface area contributed by atoms with Crippen molar-refractivity contribution in [3.8, 4) is 0 Å². The van der Waals surface area contributed by atoms with Crippen molar-refractivity contribution < 1.29 is 14.0 Å². The van der Waals surface area contributed by atoms with Gasteiger partial charge >= 0.3 is 0 Å². The van der Waals surface area contributed by atoms with Gasteiger partial charge in [0.25, 0.3) is 0 Å². The Morgan fingerprint density at radius 2 is 1.91 bits per heavy atom. The first-order chi connectivity index (χ1) is 11.0. The highest BCUT2D eigenvalue weighted by atomic mass is 19.1. The Kier molecular flexibility index (Phi) is 4.37. The lowest BCUT2D eigenvalue weighted by atomic mass is 10.0. The number of amides is 2. The molecule has 0 radical (unpaired) electrons. The van der Waals surface area contributed by atoms with Crippen LogP contribution in [-0.2, 0) is 9.59 Å². The van der Waals surface area contributed by atoms with E-state index in [-0.39, 0.29) is 17.7 Å². The second-order valence-electron chi connectivity index (χ2n) is 6.63. The number of nitrogens with zero attached hydrogens (tertiary/aromatic N) is 2. The van der Waals surface area contributed by atoms with Gasteiger partial charge in [-0.05, 0) is 44.4 Å². The molecule has 0 bridgehead atoms. The van der Waals surface area contributed by atoms with Gasteiger partial charge in [-0.25, -0.2) is 4.39 Å². The summed E-state index contributed by atoms with van der Waals surface area (Å²) in [4.78, 5) is 28.4. The van der Waals surface area contributed by atoms with E-state index in [1.54, 1.807) is 24.0 Å². The van der Waals surface area contributed by atoms with Gasteiger partial charge in [-0.3, -0.25) is 9.59 Å². The van der Waals surface area contributed by atoms with Crippen LogP contribution in [0.15, 0.2) is 18.2 Å². The predicted molar refractivity (Wildman–Crippen MR) is 86.6 cm³/mol. The minimum absolute atomic E-state index is 0.0625. The molecule has 3 rings (SSSR count). The van der Waals surface area contributed by atoms with Gasteiger partial charge in [-0.1, -0.05) is 18.9 Å². The number of rotatable bonds is 2. The van der Waals surface area contributed by atoms with Crippen LogP contribution in [-0.4, -0.2) is 35.8 Å².